The number of carbonyl (C=O) groups excluding carboxylic acids is 2. The molecule has 2 amide bonds. The number of nitrogens with one attached hydrogen (secondary N) is 2. The van der Waals surface area contributed by atoms with Gasteiger partial charge in [0.1, 0.15) is 0 Å². The topological polar surface area (TPSA) is 58.2 Å². The monoisotopic (exact) mass is 266 g/mol. The van der Waals surface area contributed by atoms with Crippen LogP contribution in [-0.2, 0) is 9.59 Å². The van der Waals surface area contributed by atoms with Gasteiger partial charge in [-0.2, -0.15) is 11.8 Å². The first-order valence-electron chi connectivity index (χ1n) is 5.66. The molecule has 0 bridgehead atoms. The zero-order valence-corrected chi connectivity index (χ0v) is 11.7. The molecule has 0 aliphatic heterocycles. The highest BCUT2D eigenvalue weighted by Crippen LogP contribution is 2.18. The summed E-state index contributed by atoms with van der Waals surface area (Å²) in [5.41, 5.74) is 2.85. The molecule has 0 saturated heterocycles. The number of para-hydroxylation sites is 1. The maximum atomic E-state index is 11.7. The van der Waals surface area contributed by atoms with Crippen molar-refractivity contribution in [3.63, 3.8) is 0 Å². The third kappa shape index (κ3) is 4.41. The van der Waals surface area contributed by atoms with E-state index in [4.69, 9.17) is 0 Å². The molecule has 0 saturated carbocycles. The lowest BCUT2D eigenvalue weighted by atomic mass is 10.1. The summed E-state index contributed by atoms with van der Waals surface area (Å²) in [4.78, 5) is 22.9. The van der Waals surface area contributed by atoms with Crippen molar-refractivity contribution in [3.05, 3.63) is 29.3 Å². The van der Waals surface area contributed by atoms with E-state index in [0.717, 1.165) is 16.8 Å². The molecule has 1 aromatic carbocycles. The van der Waals surface area contributed by atoms with Gasteiger partial charge in [-0.1, -0.05) is 18.2 Å². The van der Waals surface area contributed by atoms with E-state index < -0.39 is 0 Å². The van der Waals surface area contributed by atoms with Gasteiger partial charge < -0.3 is 10.6 Å². The van der Waals surface area contributed by atoms with Crippen LogP contribution in [0.25, 0.3) is 0 Å². The maximum absolute atomic E-state index is 11.7. The number of rotatable bonds is 5. The van der Waals surface area contributed by atoms with Gasteiger partial charge >= 0.3 is 0 Å². The summed E-state index contributed by atoms with van der Waals surface area (Å²) in [5, 5.41) is 5.39. The lowest BCUT2D eigenvalue weighted by molar-refractivity contribution is -0.122. The Kier molecular flexibility index (Phi) is 5.71. The van der Waals surface area contributed by atoms with E-state index in [9.17, 15) is 9.59 Å². The molecule has 0 unspecified atom stereocenters. The van der Waals surface area contributed by atoms with Crippen molar-refractivity contribution in [1.29, 1.82) is 0 Å². The fraction of sp³-hybridized carbons (Fsp3) is 0.385. The zero-order chi connectivity index (χ0) is 13.5. The van der Waals surface area contributed by atoms with E-state index >= 15 is 0 Å². The molecular formula is C13H18N2O2S. The van der Waals surface area contributed by atoms with Gasteiger partial charge in [-0.25, -0.2) is 0 Å². The minimum Gasteiger partial charge on any atom is -0.346 e. The Morgan fingerprint density at radius 2 is 1.78 bits per heavy atom. The molecule has 98 valence electrons. The second kappa shape index (κ2) is 7.06. The predicted molar refractivity (Wildman–Crippen MR) is 75.9 cm³/mol. The molecule has 1 aromatic rings. The summed E-state index contributed by atoms with van der Waals surface area (Å²) in [6, 6.07) is 5.82. The zero-order valence-electron chi connectivity index (χ0n) is 10.9. The average molecular weight is 266 g/mol. The first-order valence-corrected chi connectivity index (χ1v) is 7.05. The van der Waals surface area contributed by atoms with Crippen LogP contribution in [0.3, 0.4) is 0 Å². The molecule has 0 fully saturated rings. The van der Waals surface area contributed by atoms with Gasteiger partial charge in [-0.15, -0.1) is 0 Å². The second-order valence-electron chi connectivity index (χ2n) is 4.02. The van der Waals surface area contributed by atoms with Crippen LogP contribution in [0.4, 0.5) is 5.69 Å². The number of hydrogen-bond donors (Lipinski definition) is 2. The summed E-state index contributed by atoms with van der Waals surface area (Å²) >= 11 is 1.43. The van der Waals surface area contributed by atoms with Crippen molar-refractivity contribution in [2.75, 3.05) is 23.9 Å². The Balaban J connectivity index is 2.52. The number of amides is 2. The normalized spacial score (nSPS) is 9.94. The summed E-state index contributed by atoms with van der Waals surface area (Å²) in [6.45, 7) is 3.89. The third-order valence-corrected chi connectivity index (χ3v) is 3.02. The van der Waals surface area contributed by atoms with Gasteiger partial charge in [-0.05, 0) is 31.2 Å². The van der Waals surface area contributed by atoms with Crippen LogP contribution >= 0.6 is 11.8 Å². The molecule has 2 N–H and O–H groups in total. The number of thioether (sulfide) groups is 1. The van der Waals surface area contributed by atoms with Gasteiger partial charge in [0.05, 0.1) is 12.3 Å². The molecule has 0 radical (unpaired) electrons. The van der Waals surface area contributed by atoms with E-state index in [0.29, 0.717) is 5.75 Å². The molecule has 0 spiro atoms. The van der Waals surface area contributed by atoms with Gasteiger partial charge in [-0.3, -0.25) is 9.59 Å². The van der Waals surface area contributed by atoms with Crippen LogP contribution in [0, 0.1) is 13.8 Å². The van der Waals surface area contributed by atoms with Gasteiger partial charge in [0.2, 0.25) is 11.8 Å². The van der Waals surface area contributed by atoms with Crippen molar-refractivity contribution in [2.45, 2.75) is 13.8 Å². The molecule has 0 aliphatic carbocycles. The van der Waals surface area contributed by atoms with Crippen molar-refractivity contribution in [1.82, 2.24) is 5.32 Å². The Morgan fingerprint density at radius 3 is 2.33 bits per heavy atom. The number of carbonyl (C=O) groups is 2. The summed E-state index contributed by atoms with van der Waals surface area (Å²) in [5.74, 6) is 0.0393. The SMILES string of the molecule is CSCC(=O)NCC(=O)Nc1c(C)cccc1C. The van der Waals surface area contributed by atoms with Crippen molar-refractivity contribution < 1.29 is 9.59 Å². The van der Waals surface area contributed by atoms with Crippen molar-refractivity contribution in [2.24, 2.45) is 0 Å². The molecule has 18 heavy (non-hydrogen) atoms. The molecule has 5 heteroatoms. The van der Waals surface area contributed by atoms with Crippen molar-refractivity contribution in [3.8, 4) is 0 Å². The average Bonchev–Trinajstić information content (AvgIpc) is 2.32. The summed E-state index contributed by atoms with van der Waals surface area (Å²) < 4.78 is 0. The van der Waals surface area contributed by atoms with Crippen LogP contribution in [0.2, 0.25) is 0 Å². The highest BCUT2D eigenvalue weighted by molar-refractivity contribution is 7.99. The van der Waals surface area contributed by atoms with Crippen molar-refractivity contribution >= 4 is 29.3 Å². The number of benzene rings is 1. The first-order chi connectivity index (χ1) is 8.54. The first kappa shape index (κ1) is 14.6. The second-order valence-corrected chi connectivity index (χ2v) is 4.89. The molecule has 4 nitrogen and oxygen atoms in total. The molecule has 0 aromatic heterocycles. The van der Waals surface area contributed by atoms with Crippen LogP contribution in [-0.4, -0.2) is 30.4 Å². The lowest BCUT2D eigenvalue weighted by Crippen LogP contribution is -2.34. The lowest BCUT2D eigenvalue weighted by Gasteiger charge is -2.11. The van der Waals surface area contributed by atoms with Crippen LogP contribution < -0.4 is 10.6 Å². The summed E-state index contributed by atoms with van der Waals surface area (Å²) in [6.07, 6.45) is 1.84. The van der Waals surface area contributed by atoms with Crippen LogP contribution in [0.5, 0.6) is 0 Å². The fourth-order valence-electron chi connectivity index (χ4n) is 1.56. The Morgan fingerprint density at radius 1 is 1.17 bits per heavy atom. The fourth-order valence-corrected chi connectivity index (χ4v) is 1.92. The third-order valence-electron chi connectivity index (χ3n) is 2.47. The molecule has 0 aliphatic rings. The molecule has 0 heterocycles. The van der Waals surface area contributed by atoms with E-state index in [1.165, 1.54) is 11.8 Å². The molecule has 1 rings (SSSR count). The number of anilines is 1. The predicted octanol–water partition coefficient (Wildman–Crippen LogP) is 1.72. The van der Waals surface area contributed by atoms with Gasteiger partial charge in [0.25, 0.3) is 0 Å². The van der Waals surface area contributed by atoms with Crippen LogP contribution in [0.15, 0.2) is 18.2 Å². The van der Waals surface area contributed by atoms with E-state index in [-0.39, 0.29) is 18.4 Å². The van der Waals surface area contributed by atoms with Gasteiger partial charge in [0, 0.05) is 5.69 Å². The standard InChI is InChI=1S/C13H18N2O2S/c1-9-5-4-6-10(2)13(9)15-11(16)7-14-12(17)8-18-3/h4-6H,7-8H2,1-3H3,(H,14,17)(H,15,16). The minimum absolute atomic E-state index is 0.00711. The summed E-state index contributed by atoms with van der Waals surface area (Å²) in [7, 11) is 0. The highest BCUT2D eigenvalue weighted by atomic mass is 32.2. The number of hydrogen-bond acceptors (Lipinski definition) is 3. The molecule has 0 atom stereocenters. The maximum Gasteiger partial charge on any atom is 0.243 e. The largest absolute Gasteiger partial charge is 0.346 e. The Labute approximate surface area is 112 Å². The van der Waals surface area contributed by atoms with Gasteiger partial charge in [0.15, 0.2) is 0 Å². The minimum atomic E-state index is -0.207. The Hall–Kier alpha value is -1.49. The Bertz CT molecular complexity index is 426. The molecular weight excluding hydrogens is 248 g/mol. The van der Waals surface area contributed by atoms with E-state index in [2.05, 4.69) is 10.6 Å². The van der Waals surface area contributed by atoms with E-state index in [1.807, 2.05) is 38.3 Å². The smallest absolute Gasteiger partial charge is 0.243 e. The quantitative estimate of drug-likeness (QED) is 0.853. The van der Waals surface area contributed by atoms with E-state index in [1.54, 1.807) is 0 Å². The number of aryl methyl sites for hydroxylation is 2. The van der Waals surface area contributed by atoms with Crippen LogP contribution in [0.1, 0.15) is 11.1 Å². The highest BCUT2D eigenvalue weighted by Gasteiger charge is 2.08.